The van der Waals surface area contributed by atoms with Crippen LogP contribution >= 0.6 is 23.2 Å². The van der Waals surface area contributed by atoms with Crippen LogP contribution in [0.1, 0.15) is 12.8 Å². The number of piperidine rings is 1. The van der Waals surface area contributed by atoms with Gasteiger partial charge in [-0.2, -0.15) is 0 Å². The fourth-order valence-corrected chi connectivity index (χ4v) is 2.57. The maximum atomic E-state index is 12.2. The van der Waals surface area contributed by atoms with Crippen LogP contribution in [-0.2, 0) is 4.79 Å². The van der Waals surface area contributed by atoms with Gasteiger partial charge in [-0.3, -0.25) is 14.9 Å². The standard InChI is InChI=1S/C12H12Cl2N2O4/c1-20-10-7-8(16(18)19)3-4-9(10)15-6-2-5-12(13,14)11(15)17/h3-4,7H,2,5-6H2,1H3. The molecule has 2 rings (SSSR count). The van der Waals surface area contributed by atoms with Crippen LogP contribution in [0.5, 0.6) is 5.75 Å². The highest BCUT2D eigenvalue weighted by atomic mass is 35.5. The average molecular weight is 319 g/mol. The van der Waals surface area contributed by atoms with Crippen molar-refractivity contribution in [2.45, 2.75) is 17.2 Å². The van der Waals surface area contributed by atoms with Gasteiger partial charge in [0.15, 0.2) is 4.33 Å². The molecule has 1 fully saturated rings. The fraction of sp³-hybridized carbons (Fsp3) is 0.417. The number of non-ortho nitro benzene ring substituents is 1. The lowest BCUT2D eigenvalue weighted by Gasteiger charge is -2.34. The summed E-state index contributed by atoms with van der Waals surface area (Å²) < 4.78 is 3.65. The van der Waals surface area contributed by atoms with Gasteiger partial charge in [0.2, 0.25) is 0 Å². The predicted octanol–water partition coefficient (Wildman–Crippen LogP) is 2.90. The van der Waals surface area contributed by atoms with E-state index in [-0.39, 0.29) is 11.4 Å². The van der Waals surface area contributed by atoms with Crippen LogP contribution in [0.25, 0.3) is 0 Å². The molecule has 0 spiro atoms. The van der Waals surface area contributed by atoms with E-state index in [0.717, 1.165) is 0 Å². The molecule has 6 nitrogen and oxygen atoms in total. The third-order valence-corrected chi connectivity index (χ3v) is 3.80. The van der Waals surface area contributed by atoms with Crippen LogP contribution in [0, 0.1) is 10.1 Å². The molecule has 0 N–H and O–H groups in total. The summed E-state index contributed by atoms with van der Waals surface area (Å²) in [5.41, 5.74) is 0.312. The van der Waals surface area contributed by atoms with Crippen molar-refractivity contribution in [1.29, 1.82) is 0 Å². The SMILES string of the molecule is COc1cc([N+](=O)[O-])ccc1N1CCCC(Cl)(Cl)C1=O. The summed E-state index contributed by atoms with van der Waals surface area (Å²) >= 11 is 11.9. The Labute approximate surface area is 125 Å². The third kappa shape index (κ3) is 2.66. The van der Waals surface area contributed by atoms with Crippen molar-refractivity contribution in [3.63, 3.8) is 0 Å². The van der Waals surface area contributed by atoms with Gasteiger partial charge >= 0.3 is 0 Å². The molecule has 1 heterocycles. The summed E-state index contributed by atoms with van der Waals surface area (Å²) in [6.45, 7) is 0.439. The first-order chi connectivity index (χ1) is 9.36. The zero-order valence-corrected chi connectivity index (χ0v) is 12.1. The molecule has 108 valence electrons. The molecule has 0 saturated carbocycles. The van der Waals surface area contributed by atoms with Crippen molar-refractivity contribution in [3.8, 4) is 5.75 Å². The van der Waals surface area contributed by atoms with E-state index in [2.05, 4.69) is 0 Å². The Kier molecular flexibility index (Phi) is 4.06. The van der Waals surface area contributed by atoms with Gasteiger partial charge in [-0.15, -0.1) is 0 Å². The van der Waals surface area contributed by atoms with E-state index < -0.39 is 15.2 Å². The monoisotopic (exact) mass is 318 g/mol. The van der Waals surface area contributed by atoms with Crippen LogP contribution in [0.15, 0.2) is 18.2 Å². The molecule has 0 aliphatic carbocycles. The van der Waals surface area contributed by atoms with Crippen LogP contribution in [0.2, 0.25) is 0 Å². The predicted molar refractivity (Wildman–Crippen MR) is 75.7 cm³/mol. The molecular weight excluding hydrogens is 307 g/mol. The van der Waals surface area contributed by atoms with E-state index >= 15 is 0 Å². The van der Waals surface area contributed by atoms with Gasteiger partial charge in [0.1, 0.15) is 5.75 Å². The Morgan fingerprint density at radius 1 is 1.45 bits per heavy atom. The van der Waals surface area contributed by atoms with Gasteiger partial charge in [0.05, 0.1) is 23.8 Å². The Morgan fingerprint density at radius 3 is 2.75 bits per heavy atom. The second-order valence-corrected chi connectivity index (χ2v) is 5.86. The number of amides is 1. The fourth-order valence-electron chi connectivity index (χ4n) is 2.10. The molecule has 0 bridgehead atoms. The van der Waals surface area contributed by atoms with E-state index in [9.17, 15) is 14.9 Å². The van der Waals surface area contributed by atoms with Crippen molar-refractivity contribution in [2.24, 2.45) is 0 Å². The number of carbonyl (C=O) groups excluding carboxylic acids is 1. The number of nitro groups is 1. The second-order valence-electron chi connectivity index (χ2n) is 4.38. The first-order valence-electron chi connectivity index (χ1n) is 5.89. The molecule has 0 radical (unpaired) electrons. The maximum Gasteiger partial charge on any atom is 0.273 e. The molecular formula is C12H12Cl2N2O4. The quantitative estimate of drug-likeness (QED) is 0.488. The molecule has 1 aliphatic heterocycles. The molecule has 1 aromatic rings. The number of alkyl halides is 2. The first kappa shape index (κ1) is 14.9. The van der Waals surface area contributed by atoms with Crippen molar-refractivity contribution >= 4 is 40.5 Å². The largest absolute Gasteiger partial charge is 0.494 e. The van der Waals surface area contributed by atoms with E-state index in [1.807, 2.05) is 0 Å². The molecule has 20 heavy (non-hydrogen) atoms. The molecule has 1 saturated heterocycles. The molecule has 1 aliphatic rings. The minimum absolute atomic E-state index is 0.113. The Hall–Kier alpha value is -1.53. The molecule has 0 atom stereocenters. The number of ether oxygens (including phenoxy) is 1. The summed E-state index contributed by atoms with van der Waals surface area (Å²) in [4.78, 5) is 23.8. The van der Waals surface area contributed by atoms with Gasteiger partial charge in [-0.05, 0) is 18.9 Å². The highest BCUT2D eigenvalue weighted by molar-refractivity contribution is 6.59. The first-order valence-corrected chi connectivity index (χ1v) is 6.64. The van der Waals surface area contributed by atoms with Crippen LogP contribution < -0.4 is 9.64 Å². The average Bonchev–Trinajstić information content (AvgIpc) is 2.41. The lowest BCUT2D eigenvalue weighted by atomic mass is 10.1. The van der Waals surface area contributed by atoms with E-state index in [1.54, 1.807) is 0 Å². The van der Waals surface area contributed by atoms with Gasteiger partial charge in [0, 0.05) is 12.6 Å². The van der Waals surface area contributed by atoms with Gasteiger partial charge < -0.3 is 9.64 Å². The van der Waals surface area contributed by atoms with E-state index in [0.29, 0.717) is 25.1 Å². The Balaban J connectivity index is 2.42. The molecule has 0 unspecified atom stereocenters. The van der Waals surface area contributed by atoms with Crippen molar-refractivity contribution < 1.29 is 14.5 Å². The Bertz CT molecular complexity index is 562. The summed E-state index contributed by atoms with van der Waals surface area (Å²) in [6, 6.07) is 4.04. The minimum atomic E-state index is -1.47. The number of hydrogen-bond acceptors (Lipinski definition) is 4. The van der Waals surface area contributed by atoms with Crippen LogP contribution in [-0.4, -0.2) is 28.8 Å². The number of nitrogens with zero attached hydrogens (tertiary/aromatic N) is 2. The van der Waals surface area contributed by atoms with E-state index in [1.165, 1.54) is 30.2 Å². The number of halogens is 2. The number of carbonyl (C=O) groups is 1. The van der Waals surface area contributed by atoms with Gasteiger partial charge in [-0.25, -0.2) is 0 Å². The highest BCUT2D eigenvalue weighted by Crippen LogP contribution is 2.39. The number of rotatable bonds is 3. The molecule has 0 aromatic heterocycles. The van der Waals surface area contributed by atoms with Crippen LogP contribution in [0.4, 0.5) is 11.4 Å². The molecule has 1 amide bonds. The summed E-state index contributed by atoms with van der Waals surface area (Å²) in [5.74, 6) is -0.210. The number of nitro benzene ring substituents is 1. The number of methoxy groups -OCH3 is 1. The van der Waals surface area contributed by atoms with Crippen LogP contribution in [0.3, 0.4) is 0 Å². The van der Waals surface area contributed by atoms with E-state index in [4.69, 9.17) is 27.9 Å². The topological polar surface area (TPSA) is 72.7 Å². The normalized spacial score (nSPS) is 17.9. The highest BCUT2D eigenvalue weighted by Gasteiger charge is 2.42. The summed E-state index contributed by atoms with van der Waals surface area (Å²) in [5, 5.41) is 10.8. The smallest absolute Gasteiger partial charge is 0.273 e. The van der Waals surface area contributed by atoms with Gasteiger partial charge in [0.25, 0.3) is 11.6 Å². The molecule has 1 aromatic carbocycles. The lowest BCUT2D eigenvalue weighted by Crippen LogP contribution is -2.47. The van der Waals surface area contributed by atoms with Crippen molar-refractivity contribution in [3.05, 3.63) is 28.3 Å². The van der Waals surface area contributed by atoms with Crippen molar-refractivity contribution in [1.82, 2.24) is 0 Å². The van der Waals surface area contributed by atoms with Crippen molar-refractivity contribution in [2.75, 3.05) is 18.6 Å². The molecule has 8 heteroatoms. The number of hydrogen-bond donors (Lipinski definition) is 0. The third-order valence-electron chi connectivity index (χ3n) is 3.10. The summed E-state index contributed by atoms with van der Waals surface area (Å²) in [7, 11) is 1.38. The lowest BCUT2D eigenvalue weighted by molar-refractivity contribution is -0.384. The Morgan fingerprint density at radius 2 is 2.15 bits per heavy atom. The maximum absolute atomic E-state index is 12.2. The number of benzene rings is 1. The van der Waals surface area contributed by atoms with Gasteiger partial charge in [-0.1, -0.05) is 23.2 Å². The zero-order valence-electron chi connectivity index (χ0n) is 10.6. The summed E-state index contributed by atoms with van der Waals surface area (Å²) in [6.07, 6.45) is 1.01. The second kappa shape index (κ2) is 5.46. The minimum Gasteiger partial charge on any atom is -0.494 e. The number of anilines is 1. The zero-order chi connectivity index (χ0) is 14.9.